The number of hydrogen-bond donors (Lipinski definition) is 1. The average Bonchev–Trinajstić information content (AvgIpc) is 3.16. The first-order valence-corrected chi connectivity index (χ1v) is 10.8. The molecule has 2 aromatic rings. The number of carbonyl (C=O) groups excluding carboxylic acids is 4. The number of ether oxygens (including phenoxy) is 2. The van der Waals surface area contributed by atoms with Crippen LogP contribution in [0.15, 0.2) is 42.5 Å². The number of nitrogens with one attached hydrogen (secondary N) is 1. The molecule has 1 saturated heterocycles. The SMILES string of the molecule is Cc1ccc(C)c(NC(=O)COC(=O)[C@@H]2CC(=O)N(c3ccc(C(=O)OC(C)C)cc3)C2)c1. The minimum atomic E-state index is -0.670. The first kappa shape index (κ1) is 24.0. The molecule has 1 N–H and O–H groups in total. The molecule has 1 aliphatic rings. The highest BCUT2D eigenvalue weighted by atomic mass is 16.5. The predicted octanol–water partition coefficient (Wildman–Crippen LogP) is 3.40. The van der Waals surface area contributed by atoms with Crippen molar-refractivity contribution >= 4 is 35.1 Å². The highest BCUT2D eigenvalue weighted by Crippen LogP contribution is 2.26. The predicted molar refractivity (Wildman–Crippen MR) is 123 cm³/mol. The van der Waals surface area contributed by atoms with Crippen molar-refractivity contribution in [1.29, 1.82) is 0 Å². The second-order valence-corrected chi connectivity index (χ2v) is 8.38. The zero-order valence-corrected chi connectivity index (χ0v) is 19.2. The van der Waals surface area contributed by atoms with E-state index in [-0.39, 0.29) is 25.0 Å². The third kappa shape index (κ3) is 6.19. The lowest BCUT2D eigenvalue weighted by Crippen LogP contribution is -2.28. The molecule has 1 fully saturated rings. The Morgan fingerprint density at radius 3 is 2.45 bits per heavy atom. The molecule has 1 atom stereocenters. The number of rotatable bonds is 7. The molecule has 2 aromatic carbocycles. The van der Waals surface area contributed by atoms with Crippen molar-refractivity contribution < 1.29 is 28.7 Å². The zero-order chi connectivity index (χ0) is 24.1. The average molecular weight is 453 g/mol. The lowest BCUT2D eigenvalue weighted by Gasteiger charge is -2.17. The van der Waals surface area contributed by atoms with Crippen LogP contribution in [-0.2, 0) is 23.9 Å². The van der Waals surface area contributed by atoms with Gasteiger partial charge in [0.2, 0.25) is 5.91 Å². The second-order valence-electron chi connectivity index (χ2n) is 8.38. The smallest absolute Gasteiger partial charge is 0.338 e. The molecule has 2 amide bonds. The maximum absolute atomic E-state index is 12.4. The Morgan fingerprint density at radius 1 is 1.09 bits per heavy atom. The number of anilines is 2. The molecule has 174 valence electrons. The van der Waals surface area contributed by atoms with Gasteiger partial charge >= 0.3 is 11.9 Å². The molecule has 1 aliphatic heterocycles. The standard InChI is InChI=1S/C25H28N2O6/c1-15(2)33-25(31)18-7-9-20(10-8-18)27-13-19(12-23(27)29)24(30)32-14-22(28)26-21-11-16(3)5-6-17(21)4/h5-11,15,19H,12-14H2,1-4H3,(H,26,28)/t19-/m1/s1. The van der Waals surface area contributed by atoms with Crippen LogP contribution in [0.5, 0.6) is 0 Å². The van der Waals surface area contributed by atoms with E-state index < -0.39 is 30.4 Å². The lowest BCUT2D eigenvalue weighted by molar-refractivity contribution is -0.151. The van der Waals surface area contributed by atoms with E-state index in [2.05, 4.69) is 5.32 Å². The zero-order valence-electron chi connectivity index (χ0n) is 19.2. The minimum Gasteiger partial charge on any atom is -0.459 e. The van der Waals surface area contributed by atoms with Crippen LogP contribution in [0.3, 0.4) is 0 Å². The quantitative estimate of drug-likeness (QED) is 0.646. The van der Waals surface area contributed by atoms with Gasteiger partial charge in [-0.25, -0.2) is 4.79 Å². The molecule has 8 nitrogen and oxygen atoms in total. The van der Waals surface area contributed by atoms with Gasteiger partial charge in [-0.15, -0.1) is 0 Å². The van der Waals surface area contributed by atoms with Crippen LogP contribution in [0.25, 0.3) is 0 Å². The monoisotopic (exact) mass is 452 g/mol. The summed E-state index contributed by atoms with van der Waals surface area (Å²) in [6, 6.07) is 12.1. The number of nitrogens with zero attached hydrogens (tertiary/aromatic N) is 1. The molecule has 3 rings (SSSR count). The summed E-state index contributed by atoms with van der Waals surface area (Å²) in [6.45, 7) is 7.04. The van der Waals surface area contributed by atoms with Crippen molar-refractivity contribution in [3.63, 3.8) is 0 Å². The van der Waals surface area contributed by atoms with Crippen molar-refractivity contribution in [3.05, 3.63) is 59.2 Å². The Kier molecular flexibility index (Phi) is 7.48. The van der Waals surface area contributed by atoms with E-state index in [9.17, 15) is 19.2 Å². The molecule has 0 saturated carbocycles. The summed E-state index contributed by atoms with van der Waals surface area (Å²) in [7, 11) is 0. The van der Waals surface area contributed by atoms with E-state index in [1.165, 1.54) is 4.90 Å². The van der Waals surface area contributed by atoms with Crippen molar-refractivity contribution in [3.8, 4) is 0 Å². The normalized spacial score (nSPS) is 15.5. The van der Waals surface area contributed by atoms with Gasteiger partial charge in [-0.3, -0.25) is 14.4 Å². The molecule has 0 aromatic heterocycles. The van der Waals surface area contributed by atoms with Crippen molar-refractivity contribution in [2.75, 3.05) is 23.4 Å². The Labute approximate surface area is 192 Å². The van der Waals surface area contributed by atoms with Gasteiger partial charge in [-0.05, 0) is 69.2 Å². The van der Waals surface area contributed by atoms with E-state index in [0.717, 1.165) is 11.1 Å². The lowest BCUT2D eigenvalue weighted by atomic mass is 10.1. The van der Waals surface area contributed by atoms with Gasteiger partial charge in [-0.1, -0.05) is 12.1 Å². The minimum absolute atomic E-state index is 0.00537. The van der Waals surface area contributed by atoms with E-state index in [1.807, 2.05) is 32.0 Å². The molecule has 0 bridgehead atoms. The third-order valence-electron chi connectivity index (χ3n) is 5.23. The fourth-order valence-electron chi connectivity index (χ4n) is 3.49. The number of amides is 2. The third-order valence-corrected chi connectivity index (χ3v) is 5.23. The first-order chi connectivity index (χ1) is 15.6. The Hall–Kier alpha value is -3.68. The topological polar surface area (TPSA) is 102 Å². The maximum atomic E-state index is 12.4. The van der Waals surface area contributed by atoms with Crippen LogP contribution in [0.2, 0.25) is 0 Å². The van der Waals surface area contributed by atoms with Crippen LogP contribution < -0.4 is 10.2 Å². The fourth-order valence-corrected chi connectivity index (χ4v) is 3.49. The van der Waals surface area contributed by atoms with Crippen LogP contribution >= 0.6 is 0 Å². The van der Waals surface area contributed by atoms with E-state index in [1.54, 1.807) is 38.1 Å². The number of benzene rings is 2. The van der Waals surface area contributed by atoms with Gasteiger partial charge in [0.15, 0.2) is 6.61 Å². The van der Waals surface area contributed by atoms with E-state index >= 15 is 0 Å². The molecule has 8 heteroatoms. The van der Waals surface area contributed by atoms with Crippen LogP contribution in [-0.4, -0.2) is 43.0 Å². The van der Waals surface area contributed by atoms with Crippen LogP contribution in [0, 0.1) is 19.8 Å². The Bertz CT molecular complexity index is 1060. The summed E-state index contributed by atoms with van der Waals surface area (Å²) < 4.78 is 10.3. The largest absolute Gasteiger partial charge is 0.459 e. The van der Waals surface area contributed by atoms with Gasteiger partial charge in [0.05, 0.1) is 17.6 Å². The highest BCUT2D eigenvalue weighted by molar-refractivity contribution is 6.00. The van der Waals surface area contributed by atoms with Gasteiger partial charge in [0.1, 0.15) is 0 Å². The fraction of sp³-hybridized carbons (Fsp3) is 0.360. The molecular weight excluding hydrogens is 424 g/mol. The second kappa shape index (κ2) is 10.3. The van der Waals surface area contributed by atoms with Gasteiger partial charge in [-0.2, -0.15) is 0 Å². The molecule has 0 unspecified atom stereocenters. The van der Waals surface area contributed by atoms with E-state index in [4.69, 9.17) is 9.47 Å². The summed E-state index contributed by atoms with van der Waals surface area (Å²) in [5.41, 5.74) is 3.52. The van der Waals surface area contributed by atoms with Crippen molar-refractivity contribution in [2.45, 2.75) is 40.2 Å². The summed E-state index contributed by atoms with van der Waals surface area (Å²) in [5, 5.41) is 2.74. The summed E-state index contributed by atoms with van der Waals surface area (Å²) in [5.74, 6) is -2.38. The highest BCUT2D eigenvalue weighted by Gasteiger charge is 2.36. The van der Waals surface area contributed by atoms with Gasteiger partial charge in [0, 0.05) is 24.3 Å². The number of carbonyl (C=O) groups is 4. The van der Waals surface area contributed by atoms with Crippen molar-refractivity contribution in [1.82, 2.24) is 0 Å². The van der Waals surface area contributed by atoms with Gasteiger partial charge < -0.3 is 19.7 Å². The molecule has 0 radical (unpaired) electrons. The Morgan fingerprint density at radius 2 is 1.79 bits per heavy atom. The maximum Gasteiger partial charge on any atom is 0.338 e. The van der Waals surface area contributed by atoms with Crippen LogP contribution in [0.4, 0.5) is 11.4 Å². The number of esters is 2. The molecule has 0 spiro atoms. The van der Waals surface area contributed by atoms with E-state index in [0.29, 0.717) is 16.9 Å². The summed E-state index contributed by atoms with van der Waals surface area (Å²) in [4.78, 5) is 50.5. The Balaban J connectivity index is 1.54. The van der Waals surface area contributed by atoms with Crippen molar-refractivity contribution in [2.24, 2.45) is 5.92 Å². The molecule has 0 aliphatic carbocycles. The number of aryl methyl sites for hydroxylation is 2. The number of hydrogen-bond acceptors (Lipinski definition) is 6. The molecule has 1 heterocycles. The van der Waals surface area contributed by atoms with Crippen LogP contribution in [0.1, 0.15) is 41.8 Å². The molecule has 33 heavy (non-hydrogen) atoms. The summed E-state index contributed by atoms with van der Waals surface area (Å²) >= 11 is 0. The molecular formula is C25H28N2O6. The van der Waals surface area contributed by atoms with Gasteiger partial charge in [0.25, 0.3) is 5.91 Å². The first-order valence-electron chi connectivity index (χ1n) is 10.8. The summed E-state index contributed by atoms with van der Waals surface area (Å²) in [6.07, 6.45) is -0.235.